The average Bonchev–Trinajstić information content (AvgIpc) is 2.45. The number of nitrogens with zero attached hydrogens (tertiary/aromatic N) is 1. The lowest BCUT2D eigenvalue weighted by atomic mass is 10.2. The van der Waals surface area contributed by atoms with E-state index in [0.29, 0.717) is 15.6 Å². The maximum absolute atomic E-state index is 12.0. The van der Waals surface area contributed by atoms with Gasteiger partial charge in [0.25, 0.3) is 5.91 Å². The van der Waals surface area contributed by atoms with E-state index in [2.05, 4.69) is 10.5 Å². The van der Waals surface area contributed by atoms with Crippen molar-refractivity contribution in [2.24, 2.45) is 5.10 Å². The highest BCUT2D eigenvalue weighted by atomic mass is 35.5. The van der Waals surface area contributed by atoms with Gasteiger partial charge in [0.1, 0.15) is 5.75 Å². The molecule has 0 aliphatic heterocycles. The van der Waals surface area contributed by atoms with Gasteiger partial charge in [-0.3, -0.25) is 4.79 Å². The molecule has 0 saturated heterocycles. The fourth-order valence-electron chi connectivity index (χ4n) is 1.59. The predicted octanol–water partition coefficient (Wildman–Crippen LogP) is 4.77. The van der Waals surface area contributed by atoms with Crippen molar-refractivity contribution in [2.45, 2.75) is 0 Å². The van der Waals surface area contributed by atoms with Crippen molar-refractivity contribution in [3.05, 3.63) is 61.5 Å². The molecule has 0 saturated carbocycles. The Kier molecular flexibility index (Phi) is 5.53. The van der Waals surface area contributed by atoms with Gasteiger partial charge in [-0.1, -0.05) is 52.5 Å². The molecule has 8 heteroatoms. The first kappa shape index (κ1) is 16.9. The maximum atomic E-state index is 12.0. The summed E-state index contributed by atoms with van der Waals surface area (Å²) in [6.45, 7) is 0. The van der Waals surface area contributed by atoms with Crippen LogP contribution in [0.1, 0.15) is 15.9 Å². The number of aromatic hydroxyl groups is 1. The van der Waals surface area contributed by atoms with Crippen LogP contribution in [0.25, 0.3) is 0 Å². The minimum Gasteiger partial charge on any atom is -0.506 e. The predicted molar refractivity (Wildman–Crippen MR) is 89.6 cm³/mol. The van der Waals surface area contributed by atoms with Gasteiger partial charge in [-0.15, -0.1) is 0 Å². The van der Waals surface area contributed by atoms with Gasteiger partial charge in [0.15, 0.2) is 0 Å². The van der Waals surface area contributed by atoms with Crippen molar-refractivity contribution in [2.75, 3.05) is 0 Å². The summed E-state index contributed by atoms with van der Waals surface area (Å²) in [6.07, 6.45) is 1.30. The van der Waals surface area contributed by atoms with Gasteiger partial charge in [0.2, 0.25) is 0 Å². The van der Waals surface area contributed by atoms with E-state index in [1.54, 1.807) is 18.2 Å². The monoisotopic (exact) mass is 376 g/mol. The van der Waals surface area contributed by atoms with E-state index >= 15 is 0 Å². The van der Waals surface area contributed by atoms with E-state index in [4.69, 9.17) is 46.4 Å². The zero-order valence-corrected chi connectivity index (χ0v) is 13.8. The Hall–Kier alpha value is -1.46. The summed E-state index contributed by atoms with van der Waals surface area (Å²) in [5.74, 6) is -1.06. The number of hydrogen-bond donors (Lipinski definition) is 2. The van der Waals surface area contributed by atoms with Crippen molar-refractivity contribution in [1.29, 1.82) is 0 Å². The van der Waals surface area contributed by atoms with Gasteiger partial charge in [-0.05, 0) is 24.3 Å². The lowest BCUT2D eigenvalue weighted by molar-refractivity contribution is 0.0952. The number of carbonyl (C=O) groups excluding carboxylic acids is 1. The highest BCUT2D eigenvalue weighted by Gasteiger charge is 2.14. The van der Waals surface area contributed by atoms with Crippen LogP contribution in [0.3, 0.4) is 0 Å². The number of benzene rings is 2. The van der Waals surface area contributed by atoms with Gasteiger partial charge < -0.3 is 5.11 Å². The number of phenols is 1. The molecule has 2 aromatic carbocycles. The molecule has 2 rings (SSSR count). The highest BCUT2D eigenvalue weighted by Crippen LogP contribution is 2.31. The van der Waals surface area contributed by atoms with Crippen molar-refractivity contribution in [3.63, 3.8) is 0 Å². The molecule has 0 bridgehead atoms. The lowest BCUT2D eigenvalue weighted by Crippen LogP contribution is -2.18. The Morgan fingerprint density at radius 2 is 1.73 bits per heavy atom. The standard InChI is InChI=1S/C14H8Cl4N2O2/c15-7-4-8(13(21)12(18)5-7)14(22)20-19-6-9-10(16)2-1-3-11(9)17/h1-6,21H,(H,20,22)/b19-6+. The number of phenolic OH excluding ortho intramolecular Hbond substituents is 1. The van der Waals surface area contributed by atoms with Crippen LogP contribution in [-0.2, 0) is 0 Å². The molecule has 0 aromatic heterocycles. The molecule has 0 aliphatic rings. The molecule has 114 valence electrons. The summed E-state index contributed by atoms with van der Waals surface area (Å²) < 4.78 is 0. The Balaban J connectivity index is 2.19. The third-order valence-corrected chi connectivity index (χ3v) is 3.80. The van der Waals surface area contributed by atoms with E-state index in [1.165, 1.54) is 18.3 Å². The van der Waals surface area contributed by atoms with Crippen LogP contribution in [0.2, 0.25) is 20.1 Å². The molecule has 1 amide bonds. The zero-order valence-electron chi connectivity index (χ0n) is 10.8. The number of rotatable bonds is 3. The molecule has 0 spiro atoms. The first-order chi connectivity index (χ1) is 10.4. The van der Waals surface area contributed by atoms with Crippen LogP contribution in [0, 0.1) is 0 Å². The second-order valence-electron chi connectivity index (χ2n) is 4.12. The van der Waals surface area contributed by atoms with Crippen molar-refractivity contribution >= 4 is 58.5 Å². The van der Waals surface area contributed by atoms with Gasteiger partial charge >= 0.3 is 0 Å². The summed E-state index contributed by atoms with van der Waals surface area (Å²) in [5.41, 5.74) is 2.59. The van der Waals surface area contributed by atoms with Crippen molar-refractivity contribution in [1.82, 2.24) is 5.43 Å². The maximum Gasteiger partial charge on any atom is 0.275 e. The van der Waals surface area contributed by atoms with Gasteiger partial charge in [0, 0.05) is 10.6 Å². The third-order valence-electron chi connectivity index (χ3n) is 2.63. The second kappa shape index (κ2) is 7.20. The van der Waals surface area contributed by atoms with Crippen LogP contribution in [0.15, 0.2) is 35.4 Å². The summed E-state index contributed by atoms with van der Waals surface area (Å²) in [7, 11) is 0. The Bertz CT molecular complexity index is 742. The molecule has 0 heterocycles. The topological polar surface area (TPSA) is 61.7 Å². The Labute approximate surface area is 146 Å². The highest BCUT2D eigenvalue weighted by molar-refractivity contribution is 6.38. The Morgan fingerprint density at radius 3 is 2.36 bits per heavy atom. The molecular weight excluding hydrogens is 370 g/mol. The Morgan fingerprint density at radius 1 is 1.09 bits per heavy atom. The number of carbonyl (C=O) groups is 1. The van der Waals surface area contributed by atoms with E-state index in [0.717, 1.165) is 0 Å². The molecular formula is C14H8Cl4N2O2. The third kappa shape index (κ3) is 3.84. The second-order valence-corrected chi connectivity index (χ2v) is 5.78. The summed E-state index contributed by atoms with van der Waals surface area (Å²) in [4.78, 5) is 12.0. The fourth-order valence-corrected chi connectivity index (χ4v) is 2.58. The molecule has 2 N–H and O–H groups in total. The smallest absolute Gasteiger partial charge is 0.275 e. The van der Waals surface area contributed by atoms with Gasteiger partial charge in [-0.25, -0.2) is 5.43 Å². The van der Waals surface area contributed by atoms with Crippen LogP contribution < -0.4 is 5.43 Å². The molecule has 0 atom stereocenters. The molecule has 0 fully saturated rings. The quantitative estimate of drug-likeness (QED) is 0.597. The zero-order chi connectivity index (χ0) is 16.3. The first-order valence-electron chi connectivity index (χ1n) is 5.85. The van der Waals surface area contributed by atoms with Gasteiger partial charge in [-0.2, -0.15) is 5.10 Å². The summed E-state index contributed by atoms with van der Waals surface area (Å²) in [5, 5.41) is 14.5. The largest absolute Gasteiger partial charge is 0.506 e. The number of nitrogens with one attached hydrogen (secondary N) is 1. The molecule has 0 unspecified atom stereocenters. The number of amides is 1. The van der Waals surface area contributed by atoms with Crippen molar-refractivity contribution < 1.29 is 9.90 Å². The molecule has 2 aromatic rings. The molecule has 4 nitrogen and oxygen atoms in total. The summed E-state index contributed by atoms with van der Waals surface area (Å²) in [6, 6.07) is 7.56. The summed E-state index contributed by atoms with van der Waals surface area (Å²) >= 11 is 23.5. The number of halogens is 4. The van der Waals surface area contributed by atoms with Gasteiger partial charge in [0.05, 0.1) is 26.8 Å². The lowest BCUT2D eigenvalue weighted by Gasteiger charge is -2.06. The fraction of sp³-hybridized carbons (Fsp3) is 0. The SMILES string of the molecule is O=C(N/N=C/c1c(Cl)cccc1Cl)c1cc(Cl)cc(Cl)c1O. The molecule has 0 radical (unpaired) electrons. The minimum absolute atomic E-state index is 0.0317. The van der Waals surface area contributed by atoms with E-state index < -0.39 is 5.91 Å². The molecule has 22 heavy (non-hydrogen) atoms. The van der Waals surface area contributed by atoms with Crippen molar-refractivity contribution in [3.8, 4) is 5.75 Å². The first-order valence-corrected chi connectivity index (χ1v) is 7.36. The normalized spacial score (nSPS) is 10.9. The number of hydrazone groups is 1. The van der Waals surface area contributed by atoms with Crippen LogP contribution >= 0.6 is 46.4 Å². The average molecular weight is 378 g/mol. The van der Waals surface area contributed by atoms with E-state index in [1.807, 2.05) is 0 Å². The van der Waals surface area contributed by atoms with Crippen LogP contribution in [0.5, 0.6) is 5.75 Å². The van der Waals surface area contributed by atoms with Crippen LogP contribution in [-0.4, -0.2) is 17.2 Å². The van der Waals surface area contributed by atoms with E-state index in [-0.39, 0.29) is 21.4 Å². The number of hydrogen-bond acceptors (Lipinski definition) is 3. The van der Waals surface area contributed by atoms with Crippen LogP contribution in [0.4, 0.5) is 0 Å². The van der Waals surface area contributed by atoms with E-state index in [9.17, 15) is 9.90 Å². The minimum atomic E-state index is -0.679. The molecule has 0 aliphatic carbocycles.